The van der Waals surface area contributed by atoms with Crippen LogP contribution in [-0.2, 0) is 0 Å². The molecule has 272 valence electrons. The number of rotatable bonds is 7. The molecule has 10 rings (SSSR count). The molecule has 0 saturated carbocycles. The summed E-state index contributed by atoms with van der Waals surface area (Å²) in [7, 11) is 0. The first-order chi connectivity index (χ1) is 30.1. The molecule has 0 N–H and O–H groups in total. The van der Waals surface area contributed by atoms with Gasteiger partial charge in [0.25, 0.3) is 0 Å². The van der Waals surface area contributed by atoms with Crippen molar-refractivity contribution >= 4 is 49.6 Å². The highest BCUT2D eigenvalue weighted by Gasteiger charge is 2.23. The Hall–Kier alpha value is -7.37. The monoisotopic (exact) mass is 748 g/mol. The van der Waals surface area contributed by atoms with Crippen LogP contribution in [0.1, 0.15) is 6.85 Å². The second kappa shape index (κ2) is 14.0. The summed E-state index contributed by atoms with van der Waals surface area (Å²) in [5.74, 6) is -2.40. The van der Waals surface area contributed by atoms with Crippen molar-refractivity contribution in [2.24, 2.45) is 0 Å². The lowest BCUT2D eigenvalue weighted by molar-refractivity contribution is 0.548. The first-order valence-electron chi connectivity index (χ1n) is 20.8. The molecule has 0 bridgehead atoms. The summed E-state index contributed by atoms with van der Waals surface area (Å²) >= 11 is 0. The molecule has 0 atom stereocenters. The van der Waals surface area contributed by atoms with E-state index in [2.05, 4.69) is 48.5 Å². The lowest BCUT2D eigenvalue weighted by Crippen LogP contribution is -2.09. The summed E-state index contributed by atoms with van der Waals surface area (Å²) < 4.78 is 92.9. The zero-order valence-electron chi connectivity index (χ0n) is 35.1. The summed E-state index contributed by atoms with van der Waals surface area (Å²) in [6.45, 7) is 0. The van der Waals surface area contributed by atoms with Crippen molar-refractivity contribution in [2.75, 3.05) is 4.90 Å². The molecule has 0 unspecified atom stereocenters. The number of halogens is 3. The van der Waals surface area contributed by atoms with E-state index in [-0.39, 0.29) is 11.3 Å². The van der Waals surface area contributed by atoms with Gasteiger partial charge >= 0.3 is 0 Å². The molecule has 9 aromatic carbocycles. The van der Waals surface area contributed by atoms with Gasteiger partial charge in [-0.25, -0.2) is 13.2 Å². The summed E-state index contributed by atoms with van der Waals surface area (Å²) in [5, 5.41) is 5.09. The van der Waals surface area contributed by atoms with E-state index in [9.17, 15) is 13.2 Å². The van der Waals surface area contributed by atoms with Gasteiger partial charge in [0.2, 0.25) is 0 Å². The first-order valence-corrected chi connectivity index (χ1v) is 18.3. The third-order valence-corrected chi connectivity index (χ3v) is 10.3. The smallest absolute Gasteiger partial charge is 0.143 e. The van der Waals surface area contributed by atoms with Crippen LogP contribution < -0.4 is 4.90 Å². The predicted molar refractivity (Wildman–Crippen MR) is 228 cm³/mol. The molecule has 1 aromatic heterocycles. The Morgan fingerprint density at radius 2 is 0.965 bits per heavy atom. The highest BCUT2D eigenvalue weighted by atomic mass is 19.1. The Balaban J connectivity index is 1.11. The third kappa shape index (κ3) is 6.01. The van der Waals surface area contributed by atoms with E-state index in [1.54, 1.807) is 12.1 Å². The van der Waals surface area contributed by atoms with Gasteiger partial charge in [0.15, 0.2) is 0 Å². The molecule has 2 nitrogen and oxygen atoms in total. The number of hydrogen-bond donors (Lipinski definition) is 0. The number of hydrogen-bond acceptors (Lipinski definition) is 2. The second-order valence-electron chi connectivity index (χ2n) is 13.7. The molecule has 0 radical (unpaired) electrons. The maximum absolute atomic E-state index is 14.8. The van der Waals surface area contributed by atoms with Crippen LogP contribution in [0.4, 0.5) is 30.2 Å². The van der Waals surface area contributed by atoms with Crippen LogP contribution in [0.25, 0.3) is 77.2 Å². The fourth-order valence-electron chi connectivity index (χ4n) is 7.79. The lowest BCUT2D eigenvalue weighted by atomic mass is 9.91. The van der Waals surface area contributed by atoms with Crippen molar-refractivity contribution in [3.63, 3.8) is 0 Å². The molecular weight excluding hydrogens is 712 g/mol. The molecule has 1 heterocycles. The molecular formula is C52H32F3NO. The number of para-hydroxylation sites is 1. The van der Waals surface area contributed by atoms with Crippen molar-refractivity contribution in [3.8, 4) is 44.7 Å². The van der Waals surface area contributed by atoms with Crippen LogP contribution in [-0.4, -0.2) is 0 Å². The normalized spacial score (nSPS) is 12.6. The summed E-state index contributed by atoms with van der Waals surface area (Å²) in [6, 6.07) is 47.0. The molecule has 0 amide bonds. The minimum Gasteiger partial charge on any atom is -0.455 e. The number of benzene rings is 9. The molecule has 0 aliphatic heterocycles. The molecule has 0 aliphatic rings. The fraction of sp³-hybridized carbons (Fsp3) is 0. The first kappa shape index (κ1) is 29.0. The largest absolute Gasteiger partial charge is 0.455 e. The SMILES string of the molecule is [2H]c1c([2H])c([2H])c(N(c2ccc(-c3ccc4c(c3)c3ccccc3c3c(-c5ccccc5)c(-c5ccccc5)oc43)cc2)c2ccc(-c3c(F)cc(F)cc3F)cc2)c([2H])c1[2H]. The van der Waals surface area contributed by atoms with E-state index < -0.39 is 53.2 Å². The van der Waals surface area contributed by atoms with E-state index in [0.717, 1.165) is 66.1 Å². The highest BCUT2D eigenvalue weighted by Crippen LogP contribution is 2.48. The molecule has 57 heavy (non-hydrogen) atoms. The zero-order chi connectivity index (χ0) is 42.8. The maximum atomic E-state index is 14.8. The van der Waals surface area contributed by atoms with Crippen molar-refractivity contribution < 1.29 is 24.4 Å². The summed E-state index contributed by atoms with van der Waals surface area (Å²) in [5.41, 5.74) is 6.01. The minimum atomic E-state index is -1.07. The van der Waals surface area contributed by atoms with Gasteiger partial charge < -0.3 is 9.32 Å². The van der Waals surface area contributed by atoms with Crippen LogP contribution in [0.15, 0.2) is 198 Å². The van der Waals surface area contributed by atoms with Crippen molar-refractivity contribution in [2.45, 2.75) is 0 Å². The Morgan fingerprint density at radius 1 is 0.421 bits per heavy atom. The van der Waals surface area contributed by atoms with Gasteiger partial charge in [0.1, 0.15) is 28.8 Å². The Bertz CT molecular complexity index is 3320. The van der Waals surface area contributed by atoms with Crippen molar-refractivity contribution in [1.82, 2.24) is 0 Å². The Labute approximate surface area is 334 Å². The number of anilines is 3. The quantitative estimate of drug-likeness (QED) is 0.151. The van der Waals surface area contributed by atoms with Gasteiger partial charge in [0, 0.05) is 51.1 Å². The van der Waals surface area contributed by atoms with Crippen LogP contribution >= 0.6 is 0 Å². The van der Waals surface area contributed by atoms with E-state index in [4.69, 9.17) is 11.3 Å². The summed E-state index contributed by atoms with van der Waals surface area (Å²) in [4.78, 5) is 1.52. The minimum absolute atomic E-state index is 0.111. The Kier molecular flexibility index (Phi) is 7.14. The van der Waals surface area contributed by atoms with Gasteiger partial charge in [-0.1, -0.05) is 133 Å². The van der Waals surface area contributed by atoms with Gasteiger partial charge in [-0.3, -0.25) is 0 Å². The van der Waals surface area contributed by atoms with Crippen LogP contribution in [0.3, 0.4) is 0 Å². The maximum Gasteiger partial charge on any atom is 0.143 e. The Morgan fingerprint density at radius 3 is 1.61 bits per heavy atom. The number of fused-ring (bicyclic) bond motifs is 6. The van der Waals surface area contributed by atoms with Crippen LogP contribution in [0.5, 0.6) is 0 Å². The molecule has 0 saturated heterocycles. The standard InChI is InChI=1S/C52H32F3NO/c53-38-31-46(54)48(47(55)32-38)35-22-27-41(28-23-35)56(39-16-8-3-9-17-39)40-25-20-33(21-26-40)37-24-29-44-45(30-37)42-18-10-11-19-43(42)50-49(34-12-4-1-5-13-34)51(57-52(44)50)36-14-6-2-7-15-36/h1-32H/i3D,8D,9D,16D,17D. The zero-order valence-corrected chi connectivity index (χ0v) is 30.1. The average Bonchev–Trinajstić information content (AvgIpc) is 3.71. The number of furan rings is 1. The van der Waals surface area contributed by atoms with Crippen LogP contribution in [0, 0.1) is 17.5 Å². The second-order valence-corrected chi connectivity index (χ2v) is 13.7. The van der Waals surface area contributed by atoms with Crippen LogP contribution in [0.2, 0.25) is 0 Å². The van der Waals surface area contributed by atoms with Gasteiger partial charge in [0.05, 0.1) is 12.4 Å². The van der Waals surface area contributed by atoms with Gasteiger partial charge in [-0.05, 0) is 86.9 Å². The molecule has 10 aromatic rings. The number of nitrogens with zero attached hydrogens (tertiary/aromatic N) is 1. The summed E-state index contributed by atoms with van der Waals surface area (Å²) in [6.07, 6.45) is 0. The lowest BCUT2D eigenvalue weighted by Gasteiger charge is -2.26. The van der Waals surface area contributed by atoms with Crippen molar-refractivity contribution in [3.05, 3.63) is 211 Å². The topological polar surface area (TPSA) is 16.4 Å². The highest BCUT2D eigenvalue weighted by molar-refractivity contribution is 6.28. The van der Waals surface area contributed by atoms with E-state index >= 15 is 0 Å². The molecule has 0 fully saturated rings. The molecule has 0 aliphatic carbocycles. The van der Waals surface area contributed by atoms with Gasteiger partial charge in [-0.2, -0.15) is 0 Å². The average molecular weight is 749 g/mol. The van der Waals surface area contributed by atoms with E-state index in [1.165, 1.54) is 29.2 Å². The van der Waals surface area contributed by atoms with Gasteiger partial charge in [-0.15, -0.1) is 0 Å². The van der Waals surface area contributed by atoms with E-state index in [0.29, 0.717) is 23.5 Å². The van der Waals surface area contributed by atoms with E-state index in [1.807, 2.05) is 66.7 Å². The molecule has 5 heteroatoms. The third-order valence-electron chi connectivity index (χ3n) is 10.3. The fourth-order valence-corrected chi connectivity index (χ4v) is 7.79. The predicted octanol–water partition coefficient (Wildman–Crippen LogP) is 15.3. The van der Waals surface area contributed by atoms with Crippen molar-refractivity contribution in [1.29, 1.82) is 0 Å². The molecule has 0 spiro atoms.